The molecule has 1 amide bonds. The number of amides is 1. The maximum absolute atomic E-state index is 11.9. The van der Waals surface area contributed by atoms with Gasteiger partial charge in [-0.3, -0.25) is 4.79 Å². The quantitative estimate of drug-likeness (QED) is 0.870. The number of carbonyl (C=O) groups excluding carboxylic acids is 1. The van der Waals surface area contributed by atoms with Crippen molar-refractivity contribution < 1.29 is 9.90 Å². The van der Waals surface area contributed by atoms with Crippen molar-refractivity contribution in [3.63, 3.8) is 0 Å². The van der Waals surface area contributed by atoms with Crippen molar-refractivity contribution in [1.29, 1.82) is 0 Å². The molecule has 0 heterocycles. The van der Waals surface area contributed by atoms with Gasteiger partial charge in [0, 0.05) is 36.9 Å². The van der Waals surface area contributed by atoms with Crippen molar-refractivity contribution in [3.05, 3.63) is 28.8 Å². The molecule has 0 aliphatic carbocycles. The summed E-state index contributed by atoms with van der Waals surface area (Å²) in [5, 5.41) is 9.98. The summed E-state index contributed by atoms with van der Waals surface area (Å²) >= 11 is 6.09. The molecule has 0 atom stereocenters. The molecule has 1 rings (SSSR count). The van der Waals surface area contributed by atoms with Crippen molar-refractivity contribution in [2.24, 2.45) is 0 Å². The summed E-state index contributed by atoms with van der Waals surface area (Å²) in [5.74, 6) is 0.0253. The van der Waals surface area contributed by atoms with E-state index in [1.165, 1.54) is 0 Å². The van der Waals surface area contributed by atoms with Crippen LogP contribution in [-0.2, 0) is 11.4 Å². The molecule has 0 spiro atoms. The Bertz CT molecular complexity index is 435. The van der Waals surface area contributed by atoms with E-state index in [2.05, 4.69) is 6.92 Å². The third-order valence-corrected chi connectivity index (χ3v) is 3.27. The van der Waals surface area contributed by atoms with E-state index in [0.717, 1.165) is 18.7 Å². The molecule has 0 fully saturated rings. The van der Waals surface area contributed by atoms with E-state index < -0.39 is 0 Å². The smallest absolute Gasteiger partial charge is 0.241 e. The number of aliphatic hydroxyl groups excluding tert-OH is 1. The highest BCUT2D eigenvalue weighted by Crippen LogP contribution is 2.27. The number of carbonyl (C=O) groups is 1. The lowest BCUT2D eigenvalue weighted by atomic mass is 10.1. The molecule has 0 aromatic heterocycles. The number of hydrogen-bond donors (Lipinski definition) is 1. The Balaban J connectivity index is 3.05. The van der Waals surface area contributed by atoms with Crippen LogP contribution in [0.5, 0.6) is 0 Å². The lowest BCUT2D eigenvalue weighted by molar-refractivity contribution is -0.127. The zero-order valence-corrected chi connectivity index (χ0v) is 12.4. The summed E-state index contributed by atoms with van der Waals surface area (Å²) < 4.78 is 0. The fourth-order valence-corrected chi connectivity index (χ4v) is 2.09. The van der Waals surface area contributed by atoms with Crippen LogP contribution in [0.3, 0.4) is 0 Å². The van der Waals surface area contributed by atoms with Crippen LogP contribution in [0.1, 0.15) is 18.9 Å². The molecule has 0 radical (unpaired) electrons. The molecule has 106 valence electrons. The van der Waals surface area contributed by atoms with Gasteiger partial charge in [-0.1, -0.05) is 24.6 Å². The third kappa shape index (κ3) is 4.11. The highest BCUT2D eigenvalue weighted by Gasteiger charge is 2.16. The van der Waals surface area contributed by atoms with Gasteiger partial charge < -0.3 is 14.9 Å². The Morgan fingerprint density at radius 2 is 2.05 bits per heavy atom. The molecule has 0 unspecified atom stereocenters. The Morgan fingerprint density at radius 3 is 2.58 bits per heavy atom. The lowest BCUT2D eigenvalue weighted by Gasteiger charge is -2.27. The average molecular weight is 285 g/mol. The second-order valence-electron chi connectivity index (χ2n) is 4.61. The minimum absolute atomic E-state index is 0.0253. The highest BCUT2D eigenvalue weighted by molar-refractivity contribution is 6.31. The largest absolute Gasteiger partial charge is 0.392 e. The average Bonchev–Trinajstić information content (AvgIpc) is 2.37. The van der Waals surface area contributed by atoms with E-state index in [-0.39, 0.29) is 19.1 Å². The van der Waals surface area contributed by atoms with Crippen LogP contribution in [0.25, 0.3) is 0 Å². The summed E-state index contributed by atoms with van der Waals surface area (Å²) in [6, 6.07) is 5.46. The molecule has 1 aromatic rings. The van der Waals surface area contributed by atoms with Crippen LogP contribution in [0.2, 0.25) is 5.02 Å². The molecule has 19 heavy (non-hydrogen) atoms. The van der Waals surface area contributed by atoms with Gasteiger partial charge in [0.2, 0.25) is 5.91 Å². The van der Waals surface area contributed by atoms with Crippen molar-refractivity contribution in [1.82, 2.24) is 4.90 Å². The summed E-state index contributed by atoms with van der Waals surface area (Å²) in [7, 11) is 3.47. The minimum atomic E-state index is -0.134. The van der Waals surface area contributed by atoms with E-state index in [0.29, 0.717) is 10.6 Å². The molecule has 5 heteroatoms. The zero-order chi connectivity index (χ0) is 14.4. The van der Waals surface area contributed by atoms with E-state index in [9.17, 15) is 9.90 Å². The maximum Gasteiger partial charge on any atom is 0.241 e. The van der Waals surface area contributed by atoms with Crippen molar-refractivity contribution in [2.75, 3.05) is 32.1 Å². The monoisotopic (exact) mass is 284 g/mol. The first kappa shape index (κ1) is 15.8. The van der Waals surface area contributed by atoms with Gasteiger partial charge in [0.1, 0.15) is 0 Å². The molecule has 0 aliphatic rings. The Hall–Kier alpha value is -1.26. The fourth-order valence-electron chi connectivity index (χ4n) is 1.86. The van der Waals surface area contributed by atoms with Crippen molar-refractivity contribution >= 4 is 23.2 Å². The van der Waals surface area contributed by atoms with Crippen LogP contribution in [0.15, 0.2) is 18.2 Å². The molecule has 0 saturated carbocycles. The maximum atomic E-state index is 11.9. The van der Waals surface area contributed by atoms with Crippen LogP contribution in [0, 0.1) is 0 Å². The second kappa shape index (κ2) is 7.36. The number of likely N-dealkylation sites (N-methyl/N-ethyl adjacent to an activating group) is 1. The molecule has 4 nitrogen and oxygen atoms in total. The topological polar surface area (TPSA) is 43.8 Å². The number of hydrogen-bond acceptors (Lipinski definition) is 3. The molecule has 0 saturated heterocycles. The van der Waals surface area contributed by atoms with Crippen LogP contribution >= 0.6 is 11.6 Å². The number of benzene rings is 1. The zero-order valence-electron chi connectivity index (χ0n) is 11.7. The number of rotatable bonds is 6. The Kier molecular flexibility index (Phi) is 6.12. The first-order chi connectivity index (χ1) is 9.01. The molecule has 0 bridgehead atoms. The van der Waals surface area contributed by atoms with Crippen LogP contribution in [-0.4, -0.2) is 43.1 Å². The van der Waals surface area contributed by atoms with E-state index >= 15 is 0 Å². The van der Waals surface area contributed by atoms with Gasteiger partial charge in [0.25, 0.3) is 0 Å². The normalized spacial score (nSPS) is 10.4. The lowest BCUT2D eigenvalue weighted by Crippen LogP contribution is -2.37. The Morgan fingerprint density at radius 1 is 1.37 bits per heavy atom. The Labute approximate surface area is 119 Å². The second-order valence-corrected chi connectivity index (χ2v) is 5.01. The van der Waals surface area contributed by atoms with Gasteiger partial charge in [0.15, 0.2) is 0 Å². The third-order valence-electron chi connectivity index (χ3n) is 2.91. The number of aliphatic hydroxyl groups is 1. The number of nitrogens with zero attached hydrogens (tertiary/aromatic N) is 2. The van der Waals surface area contributed by atoms with Gasteiger partial charge in [-0.15, -0.1) is 0 Å². The van der Waals surface area contributed by atoms with Crippen molar-refractivity contribution in [2.45, 2.75) is 20.0 Å². The van der Waals surface area contributed by atoms with E-state index in [4.69, 9.17) is 11.6 Å². The summed E-state index contributed by atoms with van der Waals surface area (Å²) in [4.78, 5) is 15.4. The highest BCUT2D eigenvalue weighted by atomic mass is 35.5. The number of anilines is 1. The van der Waals surface area contributed by atoms with Gasteiger partial charge in [0.05, 0.1) is 13.2 Å². The molecular weight excluding hydrogens is 264 g/mol. The van der Waals surface area contributed by atoms with Gasteiger partial charge in [-0.25, -0.2) is 0 Å². The van der Waals surface area contributed by atoms with Crippen molar-refractivity contribution in [3.8, 4) is 0 Å². The van der Waals surface area contributed by atoms with Gasteiger partial charge in [-0.05, 0) is 18.6 Å². The SMILES string of the molecule is CCCN(CC(=O)N(C)C)c1cccc(Cl)c1CO. The number of halogens is 1. The van der Waals surface area contributed by atoms with Crippen LogP contribution < -0.4 is 4.90 Å². The standard InChI is InChI=1S/C14H21ClN2O2/c1-4-8-17(9-14(19)16(2)3)13-7-5-6-12(15)11(13)10-18/h5-7,18H,4,8-10H2,1-3H3. The molecule has 0 aliphatic heterocycles. The fraction of sp³-hybridized carbons (Fsp3) is 0.500. The molecule has 1 N–H and O–H groups in total. The summed E-state index contributed by atoms with van der Waals surface area (Å²) in [6.45, 7) is 2.95. The molecular formula is C14H21ClN2O2. The summed E-state index contributed by atoms with van der Waals surface area (Å²) in [5.41, 5.74) is 1.50. The van der Waals surface area contributed by atoms with Gasteiger partial charge in [-0.2, -0.15) is 0 Å². The van der Waals surface area contributed by atoms with E-state index in [1.807, 2.05) is 17.0 Å². The van der Waals surface area contributed by atoms with E-state index in [1.54, 1.807) is 25.1 Å². The molecule has 1 aromatic carbocycles. The predicted molar refractivity (Wildman–Crippen MR) is 78.6 cm³/mol. The van der Waals surface area contributed by atoms with Gasteiger partial charge >= 0.3 is 0 Å². The summed E-state index contributed by atoms with van der Waals surface area (Å²) in [6.07, 6.45) is 0.915. The minimum Gasteiger partial charge on any atom is -0.392 e. The van der Waals surface area contributed by atoms with Crippen LogP contribution in [0.4, 0.5) is 5.69 Å². The first-order valence-electron chi connectivity index (χ1n) is 6.34. The predicted octanol–water partition coefficient (Wildman–Crippen LogP) is 2.14. The first-order valence-corrected chi connectivity index (χ1v) is 6.72.